The minimum atomic E-state index is -0.605. The van der Waals surface area contributed by atoms with Crippen molar-refractivity contribution in [2.75, 3.05) is 12.8 Å². The zero-order valence-electron chi connectivity index (χ0n) is 20.2. The van der Waals surface area contributed by atoms with Crippen LogP contribution in [-0.4, -0.2) is 36.0 Å². The van der Waals surface area contributed by atoms with E-state index in [1.54, 1.807) is 37.0 Å². The third-order valence-electron chi connectivity index (χ3n) is 5.69. The molecule has 2 rings (SSSR count). The zero-order valence-corrected chi connectivity index (χ0v) is 21.0. The molecular weight excluding hydrogens is 444 g/mol. The fraction of sp³-hybridized carbons (Fsp3) is 0.393. The number of terminal acetylenes is 1. The van der Waals surface area contributed by atoms with Crippen molar-refractivity contribution < 1.29 is 14.7 Å². The molecule has 0 unspecified atom stereocenters. The highest BCUT2D eigenvalue weighted by atomic mass is 32.2. The first-order chi connectivity index (χ1) is 16.4. The van der Waals surface area contributed by atoms with E-state index in [1.165, 1.54) is 6.21 Å². The number of nitrogens with one attached hydrogen (secondary N) is 2. The maximum absolute atomic E-state index is 11.7. The first kappa shape index (κ1) is 29.0. The van der Waals surface area contributed by atoms with Crippen molar-refractivity contribution in [2.45, 2.75) is 45.4 Å². The fourth-order valence-electron chi connectivity index (χ4n) is 3.60. The quantitative estimate of drug-likeness (QED) is 0.167. The van der Waals surface area contributed by atoms with Gasteiger partial charge < -0.3 is 15.8 Å². The van der Waals surface area contributed by atoms with Gasteiger partial charge in [0.15, 0.2) is 0 Å². The molecule has 1 heterocycles. The van der Waals surface area contributed by atoms with Gasteiger partial charge in [0.25, 0.3) is 5.91 Å². The summed E-state index contributed by atoms with van der Waals surface area (Å²) in [6.45, 7) is 5.95. The van der Waals surface area contributed by atoms with Crippen LogP contribution in [0.5, 0.6) is 0 Å². The Morgan fingerprint density at radius 1 is 1.32 bits per heavy atom. The summed E-state index contributed by atoms with van der Waals surface area (Å²) in [7, 11) is 1.64. The lowest BCUT2D eigenvalue weighted by atomic mass is 9.83. The molecule has 5 nitrogen and oxygen atoms in total. The van der Waals surface area contributed by atoms with Crippen molar-refractivity contribution in [3.05, 3.63) is 70.7 Å². The Bertz CT molecular complexity index is 924. The molecule has 0 radical (unpaired) electrons. The molecule has 6 heteroatoms. The van der Waals surface area contributed by atoms with Crippen LogP contribution < -0.4 is 5.32 Å². The molecule has 0 saturated heterocycles. The van der Waals surface area contributed by atoms with E-state index in [9.17, 15) is 9.59 Å². The number of carbonyl (C=O) groups is 2. The lowest BCUT2D eigenvalue weighted by Gasteiger charge is -2.22. The molecule has 1 aliphatic heterocycles. The third-order valence-corrected chi connectivity index (χ3v) is 6.63. The van der Waals surface area contributed by atoms with Gasteiger partial charge in [-0.2, -0.15) is 0 Å². The van der Waals surface area contributed by atoms with Crippen LogP contribution in [0, 0.1) is 29.6 Å². The molecule has 0 aromatic carbocycles. The molecule has 0 bridgehead atoms. The zero-order chi connectivity index (χ0) is 25.3. The van der Waals surface area contributed by atoms with Crippen LogP contribution >= 0.6 is 11.8 Å². The largest absolute Gasteiger partial charge is 0.481 e. The molecule has 1 fully saturated rings. The molecule has 0 atom stereocenters. The van der Waals surface area contributed by atoms with Crippen LogP contribution in [0.25, 0.3) is 0 Å². The number of rotatable bonds is 9. The first-order valence-electron chi connectivity index (χ1n) is 11.5. The second-order valence-corrected chi connectivity index (χ2v) is 9.24. The third kappa shape index (κ3) is 10.7. The van der Waals surface area contributed by atoms with E-state index < -0.39 is 5.97 Å². The van der Waals surface area contributed by atoms with Crippen LogP contribution in [-0.2, 0) is 9.59 Å². The number of aliphatic carboxylic acids is 1. The number of thioether (sulfide) groups is 1. The number of allylic oxidation sites excluding steroid dienone is 9. The maximum Gasteiger partial charge on any atom is 0.306 e. The summed E-state index contributed by atoms with van der Waals surface area (Å²) in [5.74, 6) is 3.40. The number of carbonyl (C=O) groups excluding carboxylic acids is 1. The van der Waals surface area contributed by atoms with Crippen LogP contribution in [0.4, 0.5) is 0 Å². The molecule has 34 heavy (non-hydrogen) atoms. The lowest BCUT2D eigenvalue weighted by Crippen LogP contribution is -2.19. The van der Waals surface area contributed by atoms with E-state index in [0.29, 0.717) is 6.42 Å². The number of carboxylic acids is 1. The van der Waals surface area contributed by atoms with E-state index in [-0.39, 0.29) is 11.8 Å². The van der Waals surface area contributed by atoms with Gasteiger partial charge in [0, 0.05) is 19.0 Å². The highest BCUT2D eigenvalue weighted by molar-refractivity contribution is 8.04. The van der Waals surface area contributed by atoms with Gasteiger partial charge in [-0.25, -0.2) is 0 Å². The maximum atomic E-state index is 11.7. The molecule has 1 aliphatic carbocycles. The highest BCUT2D eigenvalue weighted by Gasteiger charge is 2.23. The van der Waals surface area contributed by atoms with Gasteiger partial charge in [-0.3, -0.25) is 9.59 Å². The Hall–Kier alpha value is -3.04. The predicted molar refractivity (Wildman–Crippen MR) is 144 cm³/mol. The van der Waals surface area contributed by atoms with Crippen molar-refractivity contribution in [3.63, 3.8) is 0 Å². The van der Waals surface area contributed by atoms with Crippen LogP contribution in [0.2, 0.25) is 0 Å². The monoisotopic (exact) mass is 480 g/mol. The number of likely N-dealkylation sites (N-methyl/N-ethyl adjacent to an activating group) is 1. The SMILES string of the molecule is C#C/C=C(C/C=C\CC1=CCSC(C(=O)NC)=C1)/C(C=C)=C/C=N.CC1CCC(C(=O)O)CC1. The van der Waals surface area contributed by atoms with Gasteiger partial charge in [-0.1, -0.05) is 43.7 Å². The molecule has 0 aromatic rings. The average Bonchev–Trinajstić information content (AvgIpc) is 2.85. The molecular formula is C28H36N2O3S. The summed E-state index contributed by atoms with van der Waals surface area (Å²) in [4.78, 5) is 22.9. The fourth-order valence-corrected chi connectivity index (χ4v) is 4.54. The van der Waals surface area contributed by atoms with Crippen LogP contribution in [0.1, 0.15) is 45.4 Å². The van der Waals surface area contributed by atoms with Crippen molar-refractivity contribution >= 4 is 29.9 Å². The second-order valence-electron chi connectivity index (χ2n) is 8.18. The number of hydrogen-bond donors (Lipinski definition) is 3. The number of hydrogen-bond acceptors (Lipinski definition) is 4. The summed E-state index contributed by atoms with van der Waals surface area (Å²) in [5, 5.41) is 18.5. The van der Waals surface area contributed by atoms with Crippen molar-refractivity contribution in [2.24, 2.45) is 11.8 Å². The van der Waals surface area contributed by atoms with E-state index in [1.807, 2.05) is 12.2 Å². The standard InChI is InChI=1S/C20H22N2OS.C8H14O2/c1-4-8-18(17(5-2)11-13-21)10-7-6-9-16-12-14-24-19(15-16)20(23)22-3;1-6-2-4-7(5-3-6)8(9)10/h1,5-8,11-13,15,21H,2,9-10,14H2,3H3,(H,22,23);6-7H,2-5H2,1H3,(H,9,10)/b7-6-,17-11+,18-8+,21-13?;. The molecule has 1 amide bonds. The van der Waals surface area contributed by atoms with E-state index >= 15 is 0 Å². The van der Waals surface area contributed by atoms with Gasteiger partial charge >= 0.3 is 5.97 Å². The smallest absolute Gasteiger partial charge is 0.306 e. The Balaban J connectivity index is 0.000000479. The number of carboxylic acid groups (broad SMARTS) is 1. The summed E-state index contributed by atoms with van der Waals surface area (Å²) < 4.78 is 0. The van der Waals surface area contributed by atoms with E-state index in [0.717, 1.165) is 65.4 Å². The number of amides is 1. The van der Waals surface area contributed by atoms with Crippen LogP contribution in [0.15, 0.2) is 70.7 Å². The summed E-state index contributed by atoms with van der Waals surface area (Å²) in [6.07, 6.45) is 25.2. The summed E-state index contributed by atoms with van der Waals surface area (Å²) in [6, 6.07) is 0. The Morgan fingerprint density at radius 3 is 2.59 bits per heavy atom. The lowest BCUT2D eigenvalue weighted by molar-refractivity contribution is -0.143. The normalized spacial score (nSPS) is 20.7. The molecule has 0 aromatic heterocycles. The topological polar surface area (TPSA) is 90.3 Å². The second kappa shape index (κ2) is 16.6. The Labute approximate surface area is 208 Å². The average molecular weight is 481 g/mol. The van der Waals surface area contributed by atoms with Gasteiger partial charge in [0.05, 0.1) is 10.8 Å². The van der Waals surface area contributed by atoms with Gasteiger partial charge in [0.2, 0.25) is 0 Å². The molecule has 182 valence electrons. The Morgan fingerprint density at radius 2 is 2.03 bits per heavy atom. The van der Waals surface area contributed by atoms with E-state index in [4.69, 9.17) is 16.9 Å². The summed E-state index contributed by atoms with van der Waals surface area (Å²) >= 11 is 1.54. The van der Waals surface area contributed by atoms with Crippen molar-refractivity contribution in [1.82, 2.24) is 5.32 Å². The molecule has 2 aliphatic rings. The minimum Gasteiger partial charge on any atom is -0.481 e. The Kier molecular flexibility index (Phi) is 14.1. The van der Waals surface area contributed by atoms with Crippen molar-refractivity contribution in [3.8, 4) is 12.3 Å². The summed E-state index contributed by atoms with van der Waals surface area (Å²) in [5.41, 5.74) is 2.93. The minimum absolute atomic E-state index is 0.0405. The van der Waals surface area contributed by atoms with Gasteiger partial charge in [-0.05, 0) is 79.4 Å². The first-order valence-corrected chi connectivity index (χ1v) is 12.5. The van der Waals surface area contributed by atoms with Gasteiger partial charge in [0.1, 0.15) is 0 Å². The molecule has 3 N–H and O–H groups in total. The highest BCUT2D eigenvalue weighted by Crippen LogP contribution is 2.28. The van der Waals surface area contributed by atoms with Crippen molar-refractivity contribution in [1.29, 1.82) is 5.41 Å². The van der Waals surface area contributed by atoms with E-state index in [2.05, 4.69) is 36.9 Å². The predicted octanol–water partition coefficient (Wildman–Crippen LogP) is 5.84. The molecule has 0 spiro atoms. The van der Waals surface area contributed by atoms with Gasteiger partial charge in [-0.15, -0.1) is 18.2 Å². The molecule has 1 saturated carbocycles. The van der Waals surface area contributed by atoms with Crippen LogP contribution in [0.3, 0.4) is 0 Å².